The summed E-state index contributed by atoms with van der Waals surface area (Å²) in [5.41, 5.74) is 12.4. The highest BCUT2D eigenvalue weighted by Crippen LogP contribution is 2.28. The van der Waals surface area contributed by atoms with E-state index in [1.807, 2.05) is 54.7 Å². The van der Waals surface area contributed by atoms with E-state index in [4.69, 9.17) is 20.4 Å². The molecule has 3 N–H and O–H groups in total. The highest BCUT2D eigenvalue weighted by molar-refractivity contribution is 7.18. The van der Waals surface area contributed by atoms with Gasteiger partial charge in [-0.25, -0.2) is 9.78 Å². The number of nitrogens with zero attached hydrogens (tertiary/aromatic N) is 3. The third-order valence-electron chi connectivity index (χ3n) is 7.87. The number of hydrogen-bond donors (Lipinski definition) is 2. The Kier molecular flexibility index (Phi) is 12.7. The van der Waals surface area contributed by atoms with Gasteiger partial charge in [0.15, 0.2) is 0 Å². The Labute approximate surface area is 287 Å². The molecule has 48 heavy (non-hydrogen) atoms. The van der Waals surface area contributed by atoms with Crippen LogP contribution in [-0.4, -0.2) is 36.1 Å². The van der Waals surface area contributed by atoms with Gasteiger partial charge in [-0.2, -0.15) is 0 Å². The highest BCUT2D eigenvalue weighted by Gasteiger charge is 2.12. The van der Waals surface area contributed by atoms with Crippen LogP contribution in [0.15, 0.2) is 114 Å². The number of thiazole rings is 1. The molecule has 0 atom stereocenters. The molecule has 0 aliphatic rings. The Balaban J connectivity index is 1.21. The second kappa shape index (κ2) is 17.7. The number of esters is 1. The van der Waals surface area contributed by atoms with E-state index in [0.29, 0.717) is 23.7 Å². The van der Waals surface area contributed by atoms with E-state index in [2.05, 4.69) is 54.1 Å². The van der Waals surface area contributed by atoms with E-state index in [1.165, 1.54) is 5.56 Å². The number of aliphatic imine (C=N–C) groups is 2. The van der Waals surface area contributed by atoms with Gasteiger partial charge in [-0.15, -0.1) is 11.3 Å². The van der Waals surface area contributed by atoms with Crippen molar-refractivity contribution < 1.29 is 9.53 Å². The van der Waals surface area contributed by atoms with Crippen molar-refractivity contribution in [1.82, 2.24) is 4.98 Å². The van der Waals surface area contributed by atoms with Gasteiger partial charge < -0.3 is 15.8 Å². The van der Waals surface area contributed by atoms with E-state index >= 15 is 0 Å². The molecule has 7 nitrogen and oxygen atoms in total. The minimum atomic E-state index is -0.407. The lowest BCUT2D eigenvalue weighted by Crippen LogP contribution is -2.09. The molecule has 4 aromatic carbocycles. The zero-order chi connectivity index (χ0) is 33.6. The Hall–Kier alpha value is -5.08. The Morgan fingerprint density at radius 3 is 2.54 bits per heavy atom. The molecule has 0 bridgehead atoms. The van der Waals surface area contributed by atoms with Gasteiger partial charge in [-0.3, -0.25) is 9.98 Å². The van der Waals surface area contributed by atoms with Crippen LogP contribution in [0.25, 0.3) is 21.3 Å². The van der Waals surface area contributed by atoms with Gasteiger partial charge in [0.25, 0.3) is 0 Å². The number of amidine groups is 1. The molecule has 5 aromatic rings. The topological polar surface area (TPSA) is 102 Å². The molecular formula is C40H43N5O2S. The maximum Gasteiger partial charge on any atom is 0.343 e. The summed E-state index contributed by atoms with van der Waals surface area (Å²) in [7, 11) is 0. The Morgan fingerprint density at radius 1 is 0.979 bits per heavy atom. The minimum absolute atomic E-state index is 0.407. The van der Waals surface area contributed by atoms with Crippen LogP contribution in [0, 0.1) is 0 Å². The molecule has 1 heterocycles. The summed E-state index contributed by atoms with van der Waals surface area (Å²) in [5.74, 6) is 0.556. The van der Waals surface area contributed by atoms with E-state index in [0.717, 1.165) is 89.2 Å². The number of aromatic nitrogens is 1. The van der Waals surface area contributed by atoms with Crippen molar-refractivity contribution in [3.63, 3.8) is 0 Å². The Bertz CT molecular complexity index is 1830. The number of aryl methyl sites for hydroxylation is 1. The Morgan fingerprint density at radius 2 is 1.77 bits per heavy atom. The minimum Gasteiger partial charge on any atom is -0.423 e. The quantitative estimate of drug-likeness (QED) is 0.0341. The lowest BCUT2D eigenvalue weighted by Gasteiger charge is -2.11. The third kappa shape index (κ3) is 9.96. The molecule has 246 valence electrons. The maximum atomic E-state index is 13.1. The van der Waals surface area contributed by atoms with Gasteiger partial charge in [-0.05, 0) is 90.6 Å². The third-order valence-corrected chi connectivity index (χ3v) is 8.89. The zero-order valence-corrected chi connectivity index (χ0v) is 28.3. The number of ether oxygens (including phenoxy) is 1. The van der Waals surface area contributed by atoms with Crippen LogP contribution in [-0.2, 0) is 13.0 Å². The molecule has 0 amide bonds. The molecule has 0 spiro atoms. The van der Waals surface area contributed by atoms with Crippen LogP contribution in [0.2, 0.25) is 0 Å². The summed E-state index contributed by atoms with van der Waals surface area (Å²) in [6.45, 7) is 7.86. The summed E-state index contributed by atoms with van der Waals surface area (Å²) in [5, 5.41) is 4.38. The molecule has 0 aliphatic heterocycles. The number of para-hydroxylation sites is 1. The molecule has 8 heteroatoms. The fourth-order valence-corrected chi connectivity index (χ4v) is 6.21. The number of unbranched alkanes of at least 4 members (excludes halogenated alkanes) is 3. The van der Waals surface area contributed by atoms with Crippen LogP contribution in [0.4, 0.5) is 5.69 Å². The van der Waals surface area contributed by atoms with Gasteiger partial charge in [0, 0.05) is 30.6 Å². The van der Waals surface area contributed by atoms with E-state index < -0.39 is 5.97 Å². The molecule has 5 rings (SSSR count). The lowest BCUT2D eigenvalue weighted by molar-refractivity contribution is 0.0735. The van der Waals surface area contributed by atoms with Crippen LogP contribution in [0.3, 0.4) is 0 Å². The van der Waals surface area contributed by atoms with Gasteiger partial charge in [0.05, 0.1) is 22.3 Å². The van der Waals surface area contributed by atoms with Gasteiger partial charge in [0.2, 0.25) is 0 Å². The molecule has 0 fully saturated rings. The number of anilines is 1. The van der Waals surface area contributed by atoms with Crippen molar-refractivity contribution in [2.45, 2.75) is 52.0 Å². The van der Waals surface area contributed by atoms with Crippen molar-refractivity contribution >= 4 is 45.3 Å². The van der Waals surface area contributed by atoms with Crippen molar-refractivity contribution in [2.24, 2.45) is 15.7 Å². The first-order valence-corrected chi connectivity index (χ1v) is 17.4. The number of carbonyl (C=O) groups excluding carboxylic acids is 1. The first kappa shape index (κ1) is 34.3. The lowest BCUT2D eigenvalue weighted by atomic mass is 9.98. The maximum absolute atomic E-state index is 13.1. The molecule has 0 radical (unpaired) electrons. The highest BCUT2D eigenvalue weighted by atomic mass is 32.1. The van der Waals surface area contributed by atoms with Crippen molar-refractivity contribution in [2.75, 3.05) is 18.4 Å². The number of nitrogens with one attached hydrogen (secondary N) is 1. The van der Waals surface area contributed by atoms with E-state index in [-0.39, 0.29) is 0 Å². The number of benzene rings is 4. The van der Waals surface area contributed by atoms with E-state index in [1.54, 1.807) is 29.5 Å². The number of fused-ring (bicyclic) bond motifs is 1. The largest absolute Gasteiger partial charge is 0.423 e. The summed E-state index contributed by atoms with van der Waals surface area (Å²) in [6, 6.07) is 29.9. The first-order chi connectivity index (χ1) is 23.5. The normalized spacial score (nSPS) is 11.6. The van der Waals surface area contributed by atoms with E-state index in [9.17, 15) is 4.79 Å². The molecule has 1 aromatic heterocycles. The molecule has 0 saturated heterocycles. The van der Waals surface area contributed by atoms with Crippen molar-refractivity contribution in [3.8, 4) is 16.9 Å². The van der Waals surface area contributed by atoms with Crippen LogP contribution in [0.1, 0.15) is 65.5 Å². The van der Waals surface area contributed by atoms with Crippen molar-refractivity contribution in [3.05, 3.63) is 125 Å². The van der Waals surface area contributed by atoms with Crippen LogP contribution < -0.4 is 15.8 Å². The van der Waals surface area contributed by atoms with Crippen LogP contribution in [0.5, 0.6) is 5.75 Å². The number of rotatable bonds is 17. The molecular weight excluding hydrogens is 615 g/mol. The summed E-state index contributed by atoms with van der Waals surface area (Å²) >= 11 is 1.65. The molecule has 0 aliphatic carbocycles. The van der Waals surface area contributed by atoms with Gasteiger partial charge >= 0.3 is 5.97 Å². The molecule has 0 saturated carbocycles. The standard InChI is InChI=1S/C40H43N5O2S/c1-3-11-29-14-16-30(17-15-29)35-23-22-34(26-32(35)27-42-28-39-45-36-12-7-8-13-37(36)48-39)47-40(46)31-18-20-33(21-19-31)43-24-9-5-6-10-25-44-38(41)4-2/h4,7-8,12-23,26-27,43H,2-3,5-6,9-11,24-25,28H2,1H3,(H2,41,44). The second-order valence-corrected chi connectivity index (χ2v) is 12.7. The SMILES string of the molecule is C=CC(N)=NCCCCCCNc1ccc(C(=O)Oc2ccc(-c3ccc(CCC)cc3)c(C=NCc3nc4ccccc4s3)c2)cc1. The fourth-order valence-electron chi connectivity index (χ4n) is 5.31. The average molecular weight is 658 g/mol. The molecule has 0 unspecified atom stereocenters. The monoisotopic (exact) mass is 657 g/mol. The summed E-state index contributed by atoms with van der Waals surface area (Å²) < 4.78 is 6.99. The van der Waals surface area contributed by atoms with Crippen LogP contribution >= 0.6 is 11.3 Å². The average Bonchev–Trinajstić information content (AvgIpc) is 3.53. The predicted octanol–water partition coefficient (Wildman–Crippen LogP) is 9.27. The second-order valence-electron chi connectivity index (χ2n) is 11.6. The predicted molar refractivity (Wildman–Crippen MR) is 202 cm³/mol. The van der Waals surface area contributed by atoms with Gasteiger partial charge in [0.1, 0.15) is 16.6 Å². The first-order valence-electron chi connectivity index (χ1n) is 16.6. The number of carbonyl (C=O) groups is 1. The summed E-state index contributed by atoms with van der Waals surface area (Å²) in [4.78, 5) is 26.8. The smallest absolute Gasteiger partial charge is 0.343 e. The number of nitrogens with two attached hydrogens (primary N) is 1. The fraction of sp³-hybridized carbons (Fsp3) is 0.250. The zero-order valence-electron chi connectivity index (χ0n) is 27.5. The summed E-state index contributed by atoms with van der Waals surface area (Å²) in [6.07, 6.45) is 9.85. The van der Waals surface area contributed by atoms with Gasteiger partial charge in [-0.1, -0.05) is 75.2 Å². The number of hydrogen-bond acceptors (Lipinski definition) is 7. The van der Waals surface area contributed by atoms with Crippen molar-refractivity contribution in [1.29, 1.82) is 0 Å².